The maximum atomic E-state index is 14.6. The zero-order chi connectivity index (χ0) is 23.9. The van der Waals surface area contributed by atoms with E-state index in [1.54, 1.807) is 28.9 Å². The topological polar surface area (TPSA) is 126 Å². The van der Waals surface area contributed by atoms with Crippen molar-refractivity contribution in [3.05, 3.63) is 35.8 Å². The number of hydrogen-bond donors (Lipinski definition) is 1. The van der Waals surface area contributed by atoms with Gasteiger partial charge < -0.3 is 20.1 Å². The summed E-state index contributed by atoms with van der Waals surface area (Å²) in [5.41, 5.74) is 7.27. The number of aryl methyl sites for hydroxylation is 1. The summed E-state index contributed by atoms with van der Waals surface area (Å²) in [6.45, 7) is 3.21. The number of anilines is 1. The van der Waals surface area contributed by atoms with Gasteiger partial charge >= 0.3 is 6.09 Å². The maximum Gasteiger partial charge on any atom is 0.410 e. The predicted molar refractivity (Wildman–Crippen MR) is 119 cm³/mol. The number of carbonyl (C=O) groups is 1. The first-order valence-electron chi connectivity index (χ1n) is 11.3. The standard InChI is InChI=1S/C22H27FN8O3/c1-22(7-8-22)34-21(32)30-9-5-16(6-10-30)31-19(24)15(12-25-31)13-33-18-4-3-14(11-17(18)23)20-26-27-28-29(20)2/h3-4,11-12,16H,5-10,13,24H2,1-2H3. The van der Waals surface area contributed by atoms with E-state index in [1.807, 2.05) is 6.92 Å². The fraction of sp³-hybridized carbons (Fsp3) is 0.500. The van der Waals surface area contributed by atoms with Crippen molar-refractivity contribution >= 4 is 11.9 Å². The van der Waals surface area contributed by atoms with Gasteiger partial charge in [-0.1, -0.05) is 0 Å². The first-order valence-corrected chi connectivity index (χ1v) is 11.3. The second-order valence-electron chi connectivity index (χ2n) is 9.10. The summed E-state index contributed by atoms with van der Waals surface area (Å²) in [5.74, 6) is 0.513. The van der Waals surface area contributed by atoms with Crippen LogP contribution in [0.15, 0.2) is 24.4 Å². The molecular weight excluding hydrogens is 443 g/mol. The van der Waals surface area contributed by atoms with Crippen LogP contribution < -0.4 is 10.5 Å². The Labute approximate surface area is 195 Å². The average molecular weight is 471 g/mol. The van der Waals surface area contributed by atoms with E-state index in [9.17, 15) is 9.18 Å². The van der Waals surface area contributed by atoms with Crippen LogP contribution in [0.25, 0.3) is 11.4 Å². The van der Waals surface area contributed by atoms with Crippen molar-refractivity contribution in [1.82, 2.24) is 34.9 Å². The van der Waals surface area contributed by atoms with Crippen molar-refractivity contribution in [3.63, 3.8) is 0 Å². The summed E-state index contributed by atoms with van der Waals surface area (Å²) in [6.07, 6.45) is 4.70. The Morgan fingerprint density at radius 2 is 2.06 bits per heavy atom. The van der Waals surface area contributed by atoms with Crippen LogP contribution in [0.1, 0.15) is 44.2 Å². The molecule has 180 valence electrons. The molecule has 1 aliphatic heterocycles. The summed E-state index contributed by atoms with van der Waals surface area (Å²) in [4.78, 5) is 14.1. The molecule has 34 heavy (non-hydrogen) atoms. The highest BCUT2D eigenvalue weighted by molar-refractivity contribution is 5.68. The number of nitrogens with two attached hydrogens (primary N) is 1. The number of likely N-dealkylation sites (tertiary alicyclic amines) is 1. The SMILES string of the molecule is Cn1nnnc1-c1ccc(OCc2cnn(C3CCN(C(=O)OC4(C)CC4)CC3)c2N)c(F)c1. The van der Waals surface area contributed by atoms with Crippen molar-refractivity contribution < 1.29 is 18.7 Å². The van der Waals surface area contributed by atoms with Crippen molar-refractivity contribution in [3.8, 4) is 17.1 Å². The highest BCUT2D eigenvalue weighted by atomic mass is 19.1. The molecule has 0 atom stereocenters. The number of hydrogen-bond acceptors (Lipinski definition) is 8. The maximum absolute atomic E-state index is 14.6. The Morgan fingerprint density at radius 1 is 1.29 bits per heavy atom. The Morgan fingerprint density at radius 3 is 2.71 bits per heavy atom. The second kappa shape index (κ2) is 8.58. The smallest absolute Gasteiger partial charge is 0.410 e. The zero-order valence-corrected chi connectivity index (χ0v) is 19.1. The zero-order valence-electron chi connectivity index (χ0n) is 19.1. The van der Waals surface area contributed by atoms with Gasteiger partial charge in [-0.15, -0.1) is 5.10 Å². The predicted octanol–water partition coefficient (Wildman–Crippen LogP) is 2.70. The summed E-state index contributed by atoms with van der Waals surface area (Å²) in [5, 5.41) is 15.6. The molecule has 0 bridgehead atoms. The van der Waals surface area contributed by atoms with Crippen LogP contribution in [-0.2, 0) is 18.4 Å². The number of halogens is 1. The van der Waals surface area contributed by atoms with Crippen LogP contribution in [0.2, 0.25) is 0 Å². The first kappa shape index (κ1) is 22.1. The highest BCUT2D eigenvalue weighted by Gasteiger charge is 2.43. The lowest BCUT2D eigenvalue weighted by molar-refractivity contribution is 0.0491. The van der Waals surface area contributed by atoms with E-state index < -0.39 is 5.82 Å². The van der Waals surface area contributed by atoms with Crippen LogP contribution in [0.4, 0.5) is 15.0 Å². The van der Waals surface area contributed by atoms with Gasteiger partial charge in [-0.25, -0.2) is 18.5 Å². The summed E-state index contributed by atoms with van der Waals surface area (Å²) in [7, 11) is 1.68. The number of carbonyl (C=O) groups excluding carboxylic acids is 1. The van der Waals surface area contributed by atoms with E-state index in [0.717, 1.165) is 25.7 Å². The third kappa shape index (κ3) is 4.39. The quantitative estimate of drug-likeness (QED) is 0.583. The van der Waals surface area contributed by atoms with Gasteiger partial charge in [-0.05, 0) is 61.2 Å². The minimum absolute atomic E-state index is 0.0744. The molecule has 1 saturated heterocycles. The molecule has 5 rings (SSSR count). The minimum Gasteiger partial charge on any atom is -0.486 e. The lowest BCUT2D eigenvalue weighted by Crippen LogP contribution is -2.41. The van der Waals surface area contributed by atoms with Gasteiger partial charge in [0.2, 0.25) is 0 Å². The first-order chi connectivity index (χ1) is 16.3. The number of tetrazole rings is 1. The van der Waals surface area contributed by atoms with Crippen LogP contribution in [0.3, 0.4) is 0 Å². The van der Waals surface area contributed by atoms with Crippen molar-refractivity contribution in [2.75, 3.05) is 18.8 Å². The fourth-order valence-electron chi connectivity index (χ4n) is 4.04. The largest absolute Gasteiger partial charge is 0.486 e. The van der Waals surface area contributed by atoms with Gasteiger partial charge in [-0.3, -0.25) is 0 Å². The molecule has 0 radical (unpaired) electrons. The van der Waals surface area contributed by atoms with E-state index in [1.165, 1.54) is 16.8 Å². The van der Waals surface area contributed by atoms with E-state index in [2.05, 4.69) is 20.6 Å². The van der Waals surface area contributed by atoms with E-state index in [4.69, 9.17) is 15.2 Å². The molecule has 1 aromatic carbocycles. The fourth-order valence-corrected chi connectivity index (χ4v) is 4.04. The van der Waals surface area contributed by atoms with Crippen molar-refractivity contribution in [2.24, 2.45) is 7.05 Å². The summed E-state index contributed by atoms with van der Waals surface area (Å²) < 4.78 is 29.0. The van der Waals surface area contributed by atoms with Crippen molar-refractivity contribution in [1.29, 1.82) is 0 Å². The number of amides is 1. The third-order valence-electron chi connectivity index (χ3n) is 6.46. The molecule has 1 saturated carbocycles. The number of nitrogens with zero attached hydrogens (tertiary/aromatic N) is 7. The Bertz CT molecular complexity index is 1200. The normalized spacial score (nSPS) is 17.6. The van der Waals surface area contributed by atoms with Crippen molar-refractivity contribution in [2.45, 2.75) is 50.9 Å². The van der Waals surface area contributed by atoms with Crippen LogP contribution in [0, 0.1) is 5.82 Å². The number of nitrogen functional groups attached to an aromatic ring is 1. The molecule has 2 aliphatic rings. The number of rotatable bonds is 6. The Kier molecular flexibility index (Phi) is 5.58. The molecule has 0 unspecified atom stereocenters. The van der Waals surface area contributed by atoms with Crippen LogP contribution >= 0.6 is 0 Å². The monoisotopic (exact) mass is 470 g/mol. The number of benzene rings is 1. The van der Waals surface area contributed by atoms with E-state index in [0.29, 0.717) is 35.9 Å². The molecule has 2 N–H and O–H groups in total. The number of ether oxygens (including phenoxy) is 2. The van der Waals surface area contributed by atoms with E-state index >= 15 is 0 Å². The summed E-state index contributed by atoms with van der Waals surface area (Å²) in [6, 6.07) is 4.64. The Balaban J connectivity index is 1.18. The van der Waals surface area contributed by atoms with Crippen LogP contribution in [0.5, 0.6) is 5.75 Å². The lowest BCUT2D eigenvalue weighted by atomic mass is 10.1. The van der Waals surface area contributed by atoms with E-state index in [-0.39, 0.29) is 30.1 Å². The van der Waals surface area contributed by atoms with Gasteiger partial charge in [-0.2, -0.15) is 5.10 Å². The molecule has 11 nitrogen and oxygen atoms in total. The van der Waals surface area contributed by atoms with Gasteiger partial charge in [0.1, 0.15) is 18.0 Å². The van der Waals surface area contributed by atoms with Gasteiger partial charge in [0, 0.05) is 25.7 Å². The highest BCUT2D eigenvalue weighted by Crippen LogP contribution is 2.39. The molecular formula is C22H27FN8O3. The molecule has 2 aromatic heterocycles. The lowest BCUT2D eigenvalue weighted by Gasteiger charge is -2.32. The molecule has 3 aromatic rings. The molecule has 0 spiro atoms. The third-order valence-corrected chi connectivity index (χ3v) is 6.46. The molecule has 2 fully saturated rings. The number of piperidine rings is 1. The molecule has 1 aliphatic carbocycles. The molecule has 12 heteroatoms. The summed E-state index contributed by atoms with van der Waals surface area (Å²) >= 11 is 0. The molecule has 1 amide bonds. The molecule has 3 heterocycles. The van der Waals surface area contributed by atoms with Crippen LogP contribution in [-0.4, -0.2) is 59.7 Å². The average Bonchev–Trinajstić information content (AvgIpc) is 3.21. The van der Waals surface area contributed by atoms with Gasteiger partial charge in [0.25, 0.3) is 0 Å². The van der Waals surface area contributed by atoms with Gasteiger partial charge in [0.05, 0.1) is 17.8 Å². The number of aromatic nitrogens is 6. The minimum atomic E-state index is -0.522. The Hall–Kier alpha value is -3.70. The second-order valence-corrected chi connectivity index (χ2v) is 9.10. The van der Waals surface area contributed by atoms with Gasteiger partial charge in [0.15, 0.2) is 17.4 Å².